The van der Waals surface area contributed by atoms with E-state index in [4.69, 9.17) is 5.73 Å². The van der Waals surface area contributed by atoms with Crippen molar-refractivity contribution in [1.82, 2.24) is 4.57 Å². The highest BCUT2D eigenvalue weighted by Crippen LogP contribution is 2.42. The van der Waals surface area contributed by atoms with Crippen LogP contribution in [0.15, 0.2) is 151 Å². The Morgan fingerprint density at radius 3 is 2.41 bits per heavy atom. The third-order valence-corrected chi connectivity index (χ3v) is 7.75. The molecule has 0 spiro atoms. The number of rotatable bonds is 4. The predicted octanol–water partition coefficient (Wildman–Crippen LogP) is 8.43. The van der Waals surface area contributed by atoms with Gasteiger partial charge in [-0.2, -0.15) is 0 Å². The Morgan fingerprint density at radius 1 is 0.744 bits per heavy atom. The zero-order valence-electron chi connectivity index (χ0n) is 21.7. The first-order valence-electron chi connectivity index (χ1n) is 13.4. The Balaban J connectivity index is 1.35. The van der Waals surface area contributed by atoms with Crippen LogP contribution in [0.1, 0.15) is 17.5 Å². The second-order valence-corrected chi connectivity index (χ2v) is 10.1. The standard InChI is InChI=1S/C36H29N3/c1-25-10-7-8-19-38(30-14-9-11-26(20-30)24-37)35-23-28(21-33(25)35)27-17-18-32-31-15-5-6-16-34(31)39(36(32)22-27)29-12-3-2-4-13-29/h2-22H,1,23-24,37H2/b10-7-,19-8-. The SMILES string of the molecule is C=C1/C=C\C=C/N(c2cccc(CN)c2)C2=C1C=C(c1ccc3c4ccccc4n(-c4ccccc4)c3c1)C2. The number of aromatic nitrogens is 1. The quantitative estimate of drug-likeness (QED) is 0.267. The average molecular weight is 504 g/mol. The molecule has 0 saturated heterocycles. The number of anilines is 1. The predicted molar refractivity (Wildman–Crippen MR) is 165 cm³/mol. The Morgan fingerprint density at radius 2 is 1.54 bits per heavy atom. The fraction of sp³-hybridized carbons (Fsp3) is 0.0556. The van der Waals surface area contributed by atoms with Gasteiger partial charge in [0.25, 0.3) is 0 Å². The van der Waals surface area contributed by atoms with Crippen LogP contribution in [0.25, 0.3) is 33.1 Å². The van der Waals surface area contributed by atoms with Crippen molar-refractivity contribution in [3.8, 4) is 5.69 Å². The number of benzene rings is 4. The summed E-state index contributed by atoms with van der Waals surface area (Å²) in [5.41, 5.74) is 17.7. The lowest BCUT2D eigenvalue weighted by molar-refractivity contribution is 1.05. The monoisotopic (exact) mass is 503 g/mol. The van der Waals surface area contributed by atoms with Crippen molar-refractivity contribution in [2.24, 2.45) is 5.73 Å². The Hall–Kier alpha value is -4.86. The van der Waals surface area contributed by atoms with E-state index in [1.807, 2.05) is 0 Å². The summed E-state index contributed by atoms with van der Waals surface area (Å²) in [7, 11) is 0. The highest BCUT2D eigenvalue weighted by molar-refractivity contribution is 6.10. The molecule has 0 amide bonds. The molecule has 1 aliphatic carbocycles. The van der Waals surface area contributed by atoms with Crippen LogP contribution in [0.5, 0.6) is 0 Å². The third kappa shape index (κ3) is 3.96. The molecule has 39 heavy (non-hydrogen) atoms. The van der Waals surface area contributed by atoms with Crippen LogP contribution in [-0.4, -0.2) is 4.57 Å². The van der Waals surface area contributed by atoms with Gasteiger partial charge in [0.2, 0.25) is 0 Å². The van der Waals surface area contributed by atoms with E-state index in [1.54, 1.807) is 0 Å². The van der Waals surface area contributed by atoms with Gasteiger partial charge in [0.1, 0.15) is 0 Å². The van der Waals surface area contributed by atoms with Crippen molar-refractivity contribution in [3.05, 3.63) is 162 Å². The van der Waals surface area contributed by atoms with Gasteiger partial charge in [0.15, 0.2) is 0 Å². The molecule has 2 N–H and O–H groups in total. The van der Waals surface area contributed by atoms with Gasteiger partial charge in [0.05, 0.1) is 11.0 Å². The third-order valence-electron chi connectivity index (χ3n) is 7.75. The van der Waals surface area contributed by atoms with Crippen molar-refractivity contribution >= 4 is 33.1 Å². The number of nitrogens with zero attached hydrogens (tertiary/aromatic N) is 2. The molecule has 3 nitrogen and oxygen atoms in total. The van der Waals surface area contributed by atoms with E-state index in [-0.39, 0.29) is 0 Å². The number of hydrogen-bond donors (Lipinski definition) is 1. The van der Waals surface area contributed by atoms with Crippen LogP contribution in [0.2, 0.25) is 0 Å². The minimum Gasteiger partial charge on any atom is -0.326 e. The lowest BCUT2D eigenvalue weighted by atomic mass is 10.0. The Kier molecular flexibility index (Phi) is 5.65. The second-order valence-electron chi connectivity index (χ2n) is 10.1. The topological polar surface area (TPSA) is 34.2 Å². The summed E-state index contributed by atoms with van der Waals surface area (Å²) in [6, 6.07) is 34.7. The van der Waals surface area contributed by atoms with Crippen LogP contribution >= 0.6 is 0 Å². The maximum atomic E-state index is 5.97. The zero-order valence-corrected chi connectivity index (χ0v) is 21.7. The molecule has 5 aromatic rings. The number of para-hydroxylation sites is 2. The van der Waals surface area contributed by atoms with Crippen molar-refractivity contribution < 1.29 is 0 Å². The van der Waals surface area contributed by atoms with E-state index in [2.05, 4.69) is 144 Å². The molecule has 188 valence electrons. The first-order valence-corrected chi connectivity index (χ1v) is 13.4. The summed E-state index contributed by atoms with van der Waals surface area (Å²) in [6.45, 7) is 4.92. The molecule has 0 saturated carbocycles. The fourth-order valence-corrected chi connectivity index (χ4v) is 5.85. The van der Waals surface area contributed by atoms with Crippen LogP contribution in [0.4, 0.5) is 5.69 Å². The van der Waals surface area contributed by atoms with Crippen LogP contribution < -0.4 is 10.6 Å². The van der Waals surface area contributed by atoms with E-state index >= 15 is 0 Å². The van der Waals surface area contributed by atoms with Crippen LogP contribution in [-0.2, 0) is 6.54 Å². The Labute approximate surface area is 228 Å². The largest absolute Gasteiger partial charge is 0.326 e. The molecule has 3 heteroatoms. The van der Waals surface area contributed by atoms with E-state index < -0.39 is 0 Å². The lowest BCUT2D eigenvalue weighted by Crippen LogP contribution is -2.17. The molecule has 0 radical (unpaired) electrons. The van der Waals surface area contributed by atoms with E-state index in [0.29, 0.717) is 6.54 Å². The molecule has 0 unspecified atom stereocenters. The molecule has 0 bridgehead atoms. The van der Waals surface area contributed by atoms with E-state index in [9.17, 15) is 0 Å². The van der Waals surface area contributed by atoms with Crippen LogP contribution in [0, 0.1) is 0 Å². The van der Waals surface area contributed by atoms with Crippen molar-refractivity contribution in [2.45, 2.75) is 13.0 Å². The molecular formula is C36H29N3. The normalized spacial score (nSPS) is 16.8. The van der Waals surface area contributed by atoms with E-state index in [1.165, 1.54) is 49.9 Å². The van der Waals surface area contributed by atoms with E-state index in [0.717, 1.165) is 23.2 Å². The van der Waals surface area contributed by atoms with Crippen LogP contribution in [0.3, 0.4) is 0 Å². The smallest absolute Gasteiger partial charge is 0.0547 e. The number of nitrogens with two attached hydrogens (primary N) is 1. The van der Waals surface area contributed by atoms with Gasteiger partial charge >= 0.3 is 0 Å². The van der Waals surface area contributed by atoms with Gasteiger partial charge in [-0.25, -0.2) is 0 Å². The zero-order chi connectivity index (χ0) is 26.3. The fourth-order valence-electron chi connectivity index (χ4n) is 5.85. The van der Waals surface area contributed by atoms with Gasteiger partial charge in [-0.15, -0.1) is 0 Å². The summed E-state index contributed by atoms with van der Waals surface area (Å²) in [5.74, 6) is 0. The summed E-state index contributed by atoms with van der Waals surface area (Å²) in [6.07, 6.45) is 11.5. The van der Waals surface area contributed by atoms with Crippen molar-refractivity contribution in [3.63, 3.8) is 0 Å². The molecule has 4 aromatic carbocycles. The molecule has 7 rings (SSSR count). The van der Waals surface area contributed by atoms with Gasteiger partial charge in [-0.05, 0) is 70.8 Å². The molecule has 1 aliphatic heterocycles. The molecule has 2 heterocycles. The van der Waals surface area contributed by atoms with Crippen molar-refractivity contribution in [1.29, 1.82) is 0 Å². The maximum Gasteiger partial charge on any atom is 0.0547 e. The number of fused-ring (bicyclic) bond motifs is 3. The average Bonchev–Trinajstić information content (AvgIpc) is 3.56. The first kappa shape index (κ1) is 23.3. The summed E-state index contributed by atoms with van der Waals surface area (Å²) in [5, 5.41) is 2.53. The van der Waals surface area contributed by atoms with Gasteiger partial charge in [0, 0.05) is 52.6 Å². The highest BCUT2D eigenvalue weighted by Gasteiger charge is 2.25. The summed E-state index contributed by atoms with van der Waals surface area (Å²) < 4.78 is 2.38. The number of allylic oxidation sites excluding steroid dienone is 7. The Bertz CT molecular complexity index is 1880. The molecule has 0 fully saturated rings. The molecular weight excluding hydrogens is 474 g/mol. The van der Waals surface area contributed by atoms with Gasteiger partial charge < -0.3 is 15.2 Å². The summed E-state index contributed by atoms with van der Waals surface area (Å²) in [4.78, 5) is 2.28. The first-order chi connectivity index (χ1) is 19.2. The van der Waals surface area contributed by atoms with Gasteiger partial charge in [-0.1, -0.05) is 79.4 Å². The number of hydrogen-bond acceptors (Lipinski definition) is 2. The molecule has 1 aromatic heterocycles. The molecule has 2 aliphatic rings. The maximum absolute atomic E-state index is 5.97. The molecule has 0 atom stereocenters. The van der Waals surface area contributed by atoms with Gasteiger partial charge in [-0.3, -0.25) is 0 Å². The minimum atomic E-state index is 0.517. The van der Waals surface area contributed by atoms with Crippen molar-refractivity contribution in [2.75, 3.05) is 4.90 Å². The summed E-state index contributed by atoms with van der Waals surface area (Å²) >= 11 is 0. The second kappa shape index (κ2) is 9.46. The highest BCUT2D eigenvalue weighted by atomic mass is 15.1. The lowest BCUT2D eigenvalue weighted by Gasteiger charge is -2.26. The minimum absolute atomic E-state index is 0.517.